The molecule has 0 aliphatic carbocycles. The van der Waals surface area contributed by atoms with E-state index in [-0.39, 0.29) is 5.69 Å². The van der Waals surface area contributed by atoms with E-state index in [4.69, 9.17) is 17.3 Å². The van der Waals surface area contributed by atoms with E-state index in [1.807, 2.05) is 6.07 Å². The predicted octanol–water partition coefficient (Wildman–Crippen LogP) is 3.54. The molecule has 0 bridgehead atoms. The molecular formula is C16H14ClFN4. The molecule has 0 atom stereocenters. The Morgan fingerprint density at radius 3 is 2.95 bits per heavy atom. The van der Waals surface area contributed by atoms with Gasteiger partial charge in [0, 0.05) is 28.4 Å². The van der Waals surface area contributed by atoms with E-state index < -0.39 is 5.82 Å². The number of hydrogen-bond donors (Lipinski definition) is 3. The molecule has 3 rings (SSSR count). The van der Waals surface area contributed by atoms with Gasteiger partial charge in [-0.05, 0) is 30.3 Å². The van der Waals surface area contributed by atoms with Crippen LogP contribution in [0.2, 0.25) is 5.02 Å². The van der Waals surface area contributed by atoms with Gasteiger partial charge in [0.05, 0.1) is 17.4 Å². The Morgan fingerprint density at radius 2 is 2.23 bits per heavy atom. The Hall–Kier alpha value is -2.53. The summed E-state index contributed by atoms with van der Waals surface area (Å²) < 4.78 is 13.9. The molecule has 1 aromatic carbocycles. The first-order valence-electron chi connectivity index (χ1n) is 6.65. The third-order valence-corrected chi connectivity index (χ3v) is 3.60. The van der Waals surface area contributed by atoms with E-state index >= 15 is 0 Å². The highest BCUT2D eigenvalue weighted by molar-refractivity contribution is 6.34. The van der Waals surface area contributed by atoms with Crippen LogP contribution in [0.25, 0.3) is 22.2 Å². The minimum atomic E-state index is -0.406. The van der Waals surface area contributed by atoms with Gasteiger partial charge in [-0.15, -0.1) is 0 Å². The number of nitrogens with two attached hydrogens (primary N) is 1. The minimum absolute atomic E-state index is 0.235. The van der Waals surface area contributed by atoms with Crippen LogP contribution in [0.15, 0.2) is 48.9 Å². The zero-order chi connectivity index (χ0) is 15.7. The Balaban J connectivity index is 2.04. The second kappa shape index (κ2) is 5.69. The lowest BCUT2D eigenvalue weighted by molar-refractivity contribution is 0.626. The summed E-state index contributed by atoms with van der Waals surface area (Å²) in [7, 11) is 0. The number of nitrogens with zero attached hydrogens (tertiary/aromatic N) is 1. The highest BCUT2D eigenvalue weighted by Crippen LogP contribution is 2.32. The first-order chi connectivity index (χ1) is 10.5. The molecule has 0 unspecified atom stereocenters. The lowest BCUT2D eigenvalue weighted by Crippen LogP contribution is -2.18. The summed E-state index contributed by atoms with van der Waals surface area (Å²) in [6.07, 6.45) is 1.54. The van der Waals surface area contributed by atoms with Crippen molar-refractivity contribution >= 4 is 22.5 Å². The number of aromatic amines is 1. The fourth-order valence-electron chi connectivity index (χ4n) is 2.28. The van der Waals surface area contributed by atoms with Crippen LogP contribution in [-0.4, -0.2) is 9.97 Å². The molecule has 112 valence electrons. The molecule has 0 amide bonds. The van der Waals surface area contributed by atoms with Gasteiger partial charge in [0.2, 0.25) is 0 Å². The number of benzene rings is 1. The lowest BCUT2D eigenvalue weighted by atomic mass is 10.1. The number of pyridine rings is 1. The summed E-state index contributed by atoms with van der Waals surface area (Å²) in [4.78, 5) is 7.31. The molecule has 3 aromatic rings. The average molecular weight is 317 g/mol. The minimum Gasteiger partial charge on any atom is -0.386 e. The number of hydrogen-bond acceptors (Lipinski definition) is 3. The van der Waals surface area contributed by atoms with Gasteiger partial charge in [0.25, 0.3) is 0 Å². The van der Waals surface area contributed by atoms with Gasteiger partial charge in [-0.25, -0.2) is 4.39 Å². The monoisotopic (exact) mass is 316 g/mol. The molecule has 2 heterocycles. The maximum absolute atomic E-state index is 13.9. The normalized spacial score (nSPS) is 10.8. The Labute approximate surface area is 131 Å². The van der Waals surface area contributed by atoms with Crippen molar-refractivity contribution in [3.05, 3.63) is 65.5 Å². The van der Waals surface area contributed by atoms with Gasteiger partial charge in [-0.2, -0.15) is 0 Å². The van der Waals surface area contributed by atoms with Crippen LogP contribution in [0.3, 0.4) is 0 Å². The van der Waals surface area contributed by atoms with Crippen LogP contribution in [-0.2, 0) is 6.54 Å². The third kappa shape index (κ3) is 2.76. The molecule has 0 spiro atoms. The second-order valence-electron chi connectivity index (χ2n) is 4.93. The molecule has 0 aliphatic heterocycles. The van der Waals surface area contributed by atoms with E-state index in [0.717, 1.165) is 16.6 Å². The summed E-state index contributed by atoms with van der Waals surface area (Å²) in [6.45, 7) is 4.11. The van der Waals surface area contributed by atoms with Gasteiger partial charge < -0.3 is 16.0 Å². The Kier molecular flexibility index (Phi) is 3.73. The smallest absolute Gasteiger partial charge is 0.149 e. The molecule has 4 N–H and O–H groups in total. The highest BCUT2D eigenvalue weighted by Gasteiger charge is 2.12. The molecule has 6 heteroatoms. The second-order valence-corrected chi connectivity index (χ2v) is 5.33. The van der Waals surface area contributed by atoms with Gasteiger partial charge in [-0.1, -0.05) is 18.2 Å². The highest BCUT2D eigenvalue weighted by atomic mass is 35.5. The van der Waals surface area contributed by atoms with Gasteiger partial charge >= 0.3 is 0 Å². The van der Waals surface area contributed by atoms with Crippen LogP contribution < -0.4 is 11.1 Å². The Bertz CT molecular complexity index is 856. The first-order valence-corrected chi connectivity index (χ1v) is 7.02. The fraction of sp³-hybridized carbons (Fsp3) is 0.0625. The predicted molar refractivity (Wildman–Crippen MR) is 86.7 cm³/mol. The maximum atomic E-state index is 13.9. The molecular weight excluding hydrogens is 303 g/mol. The van der Waals surface area contributed by atoms with E-state index in [2.05, 4.69) is 21.9 Å². The average Bonchev–Trinajstić information content (AvgIpc) is 2.87. The molecule has 0 saturated heterocycles. The van der Waals surface area contributed by atoms with E-state index in [1.54, 1.807) is 18.2 Å². The summed E-state index contributed by atoms with van der Waals surface area (Å²) in [5, 5.41) is 4.33. The quantitative estimate of drug-likeness (QED) is 0.689. The van der Waals surface area contributed by atoms with Crippen LogP contribution in [0.4, 0.5) is 4.39 Å². The molecule has 0 radical (unpaired) electrons. The van der Waals surface area contributed by atoms with E-state index in [1.165, 1.54) is 12.3 Å². The number of fused-ring (bicyclic) bond motifs is 1. The number of H-pyrrole nitrogens is 1. The van der Waals surface area contributed by atoms with Crippen molar-refractivity contribution < 1.29 is 4.39 Å². The van der Waals surface area contributed by atoms with Gasteiger partial charge in [-0.3, -0.25) is 4.98 Å². The first kappa shape index (κ1) is 14.4. The number of nitrogens with one attached hydrogen (secondary N) is 2. The number of aromatic nitrogens is 2. The van der Waals surface area contributed by atoms with Gasteiger partial charge in [0.1, 0.15) is 11.5 Å². The van der Waals surface area contributed by atoms with Crippen LogP contribution in [0.1, 0.15) is 5.69 Å². The summed E-state index contributed by atoms with van der Waals surface area (Å²) in [5.74, 6) is -0.00967. The van der Waals surface area contributed by atoms with Crippen LogP contribution in [0, 0.1) is 5.82 Å². The maximum Gasteiger partial charge on any atom is 0.149 e. The standard InChI is InChI=1S/C16H14ClFN4/c1-9(19)21-8-11-5-10-6-13(17)12(7-15(10)22-11)16-14(18)3-2-4-20-16/h2-7,21-22H,1,8,19H2. The molecule has 0 aliphatic rings. The zero-order valence-electron chi connectivity index (χ0n) is 11.7. The van der Waals surface area contributed by atoms with Crippen molar-refractivity contribution in [2.75, 3.05) is 0 Å². The van der Waals surface area contributed by atoms with Crippen LogP contribution >= 0.6 is 11.6 Å². The Morgan fingerprint density at radius 1 is 1.41 bits per heavy atom. The van der Waals surface area contributed by atoms with Crippen molar-refractivity contribution in [1.29, 1.82) is 0 Å². The van der Waals surface area contributed by atoms with Crippen molar-refractivity contribution in [1.82, 2.24) is 15.3 Å². The topological polar surface area (TPSA) is 66.7 Å². The van der Waals surface area contributed by atoms with Crippen molar-refractivity contribution in [2.45, 2.75) is 6.54 Å². The van der Waals surface area contributed by atoms with Crippen molar-refractivity contribution in [2.24, 2.45) is 5.73 Å². The number of halogens is 2. The van der Waals surface area contributed by atoms with Gasteiger partial charge in [0.15, 0.2) is 0 Å². The molecule has 0 fully saturated rings. The van der Waals surface area contributed by atoms with E-state index in [9.17, 15) is 4.39 Å². The van der Waals surface area contributed by atoms with Crippen molar-refractivity contribution in [3.63, 3.8) is 0 Å². The van der Waals surface area contributed by atoms with Crippen molar-refractivity contribution in [3.8, 4) is 11.3 Å². The fourth-order valence-corrected chi connectivity index (χ4v) is 2.54. The largest absolute Gasteiger partial charge is 0.386 e. The number of rotatable bonds is 4. The summed E-state index contributed by atoms with van der Waals surface area (Å²) in [6, 6.07) is 8.44. The molecule has 22 heavy (non-hydrogen) atoms. The zero-order valence-corrected chi connectivity index (χ0v) is 12.4. The van der Waals surface area contributed by atoms with Crippen LogP contribution in [0.5, 0.6) is 0 Å². The molecule has 2 aromatic heterocycles. The summed E-state index contributed by atoms with van der Waals surface area (Å²) >= 11 is 6.28. The summed E-state index contributed by atoms with van der Waals surface area (Å²) in [5.41, 5.74) is 8.05. The molecule has 0 saturated carbocycles. The lowest BCUT2D eigenvalue weighted by Gasteiger charge is -2.05. The molecule has 4 nitrogen and oxygen atoms in total. The SMILES string of the molecule is C=C(N)NCc1cc2cc(Cl)c(-c3ncccc3F)cc2[nH]1. The third-order valence-electron chi connectivity index (χ3n) is 3.28. The van der Waals surface area contributed by atoms with E-state index in [0.29, 0.717) is 23.0 Å².